The first kappa shape index (κ1) is 14.6. The number of anilines is 1. The molecule has 1 saturated heterocycles. The predicted molar refractivity (Wildman–Crippen MR) is 79.5 cm³/mol. The highest BCUT2D eigenvalue weighted by atomic mass is 35.5. The van der Waals surface area contributed by atoms with E-state index in [1.807, 2.05) is 6.07 Å². The maximum atomic E-state index is 13.5. The number of piperazine rings is 1. The lowest BCUT2D eigenvalue weighted by atomic mass is 9.99. The fourth-order valence-electron chi connectivity index (χ4n) is 2.72. The summed E-state index contributed by atoms with van der Waals surface area (Å²) in [4.78, 5) is 2.25. The molecule has 1 aromatic rings. The molecule has 0 spiro atoms. The monoisotopic (exact) mass is 284 g/mol. The number of halogens is 2. The Morgan fingerprint density at radius 1 is 1.42 bits per heavy atom. The van der Waals surface area contributed by atoms with Gasteiger partial charge in [0.25, 0.3) is 0 Å². The average molecular weight is 285 g/mol. The molecule has 2 rings (SSSR count). The summed E-state index contributed by atoms with van der Waals surface area (Å²) < 4.78 is 13.5. The summed E-state index contributed by atoms with van der Waals surface area (Å²) in [5.41, 5.74) is 0.882. The van der Waals surface area contributed by atoms with Crippen LogP contribution in [0.2, 0.25) is 5.02 Å². The highest BCUT2D eigenvalue weighted by Gasteiger charge is 2.26. The van der Waals surface area contributed by atoms with Crippen LogP contribution in [0.4, 0.5) is 10.1 Å². The van der Waals surface area contributed by atoms with E-state index in [1.165, 1.54) is 6.07 Å². The third kappa shape index (κ3) is 3.83. The lowest BCUT2D eigenvalue weighted by Crippen LogP contribution is -2.56. The largest absolute Gasteiger partial charge is 0.366 e. The number of hydrogen-bond donors (Lipinski definition) is 1. The van der Waals surface area contributed by atoms with Gasteiger partial charge in [-0.2, -0.15) is 0 Å². The van der Waals surface area contributed by atoms with Crippen LogP contribution in [0.5, 0.6) is 0 Å². The van der Waals surface area contributed by atoms with E-state index in [0.29, 0.717) is 23.0 Å². The van der Waals surface area contributed by atoms with E-state index < -0.39 is 0 Å². The van der Waals surface area contributed by atoms with E-state index in [2.05, 4.69) is 31.0 Å². The first-order valence-corrected chi connectivity index (χ1v) is 7.29. The maximum Gasteiger partial charge on any atom is 0.126 e. The summed E-state index contributed by atoms with van der Waals surface area (Å²) in [6.45, 7) is 8.42. The van der Waals surface area contributed by atoms with Gasteiger partial charge in [0.2, 0.25) is 0 Å². The van der Waals surface area contributed by atoms with E-state index in [1.54, 1.807) is 6.07 Å². The zero-order valence-electron chi connectivity index (χ0n) is 11.8. The minimum Gasteiger partial charge on any atom is -0.366 e. The van der Waals surface area contributed by atoms with E-state index in [-0.39, 0.29) is 5.82 Å². The lowest BCUT2D eigenvalue weighted by molar-refractivity contribution is 0.355. The standard InChI is InChI=1S/C15H22ClFN2/c1-10(2)4-14-9-19(11(3)8-18-14)15-6-12(16)5-13(17)7-15/h5-7,10-11,14,18H,4,8-9H2,1-3H3. The van der Waals surface area contributed by atoms with Gasteiger partial charge in [0.05, 0.1) is 0 Å². The van der Waals surface area contributed by atoms with Gasteiger partial charge in [0.1, 0.15) is 5.82 Å². The Labute approximate surface area is 119 Å². The predicted octanol–water partition coefficient (Wildman–Crippen LogP) is 3.69. The van der Waals surface area contributed by atoms with Crippen LogP contribution in [-0.4, -0.2) is 25.2 Å². The highest BCUT2D eigenvalue weighted by molar-refractivity contribution is 6.30. The summed E-state index contributed by atoms with van der Waals surface area (Å²) in [6, 6.07) is 5.57. The SMILES string of the molecule is CC(C)CC1CN(c2cc(F)cc(Cl)c2)C(C)CN1. The fourth-order valence-corrected chi connectivity index (χ4v) is 2.94. The smallest absolute Gasteiger partial charge is 0.126 e. The van der Waals surface area contributed by atoms with Crippen LogP contribution in [0.1, 0.15) is 27.2 Å². The number of nitrogens with one attached hydrogen (secondary N) is 1. The van der Waals surface area contributed by atoms with Crippen molar-refractivity contribution < 1.29 is 4.39 Å². The summed E-state index contributed by atoms with van der Waals surface area (Å²) in [5.74, 6) is 0.387. The van der Waals surface area contributed by atoms with Crippen LogP contribution in [0, 0.1) is 11.7 Å². The van der Waals surface area contributed by atoms with Crippen LogP contribution in [0.3, 0.4) is 0 Å². The molecule has 106 valence electrons. The minimum absolute atomic E-state index is 0.270. The maximum absolute atomic E-state index is 13.5. The molecule has 2 nitrogen and oxygen atoms in total. The van der Waals surface area contributed by atoms with Crippen molar-refractivity contribution in [2.45, 2.75) is 39.3 Å². The van der Waals surface area contributed by atoms with Gasteiger partial charge in [-0.15, -0.1) is 0 Å². The van der Waals surface area contributed by atoms with Crippen molar-refractivity contribution in [3.8, 4) is 0 Å². The van der Waals surface area contributed by atoms with Gasteiger partial charge >= 0.3 is 0 Å². The molecule has 0 bridgehead atoms. The van der Waals surface area contributed by atoms with Crippen molar-refractivity contribution in [3.05, 3.63) is 29.0 Å². The van der Waals surface area contributed by atoms with Crippen molar-refractivity contribution in [3.63, 3.8) is 0 Å². The van der Waals surface area contributed by atoms with E-state index in [4.69, 9.17) is 11.6 Å². The van der Waals surface area contributed by atoms with Gasteiger partial charge in [-0.1, -0.05) is 25.4 Å². The molecule has 0 aromatic heterocycles. The van der Waals surface area contributed by atoms with Gasteiger partial charge in [-0.25, -0.2) is 4.39 Å². The van der Waals surface area contributed by atoms with Crippen LogP contribution in [-0.2, 0) is 0 Å². The van der Waals surface area contributed by atoms with Gasteiger partial charge < -0.3 is 10.2 Å². The third-order valence-corrected chi connectivity index (χ3v) is 3.80. The van der Waals surface area contributed by atoms with Crippen LogP contribution >= 0.6 is 11.6 Å². The molecule has 19 heavy (non-hydrogen) atoms. The normalized spacial score (nSPS) is 24.0. The molecule has 1 fully saturated rings. The molecular weight excluding hydrogens is 263 g/mol. The Morgan fingerprint density at radius 3 is 2.79 bits per heavy atom. The molecule has 2 unspecified atom stereocenters. The number of nitrogens with zero attached hydrogens (tertiary/aromatic N) is 1. The second-order valence-electron chi connectivity index (χ2n) is 5.86. The quantitative estimate of drug-likeness (QED) is 0.911. The van der Waals surface area contributed by atoms with Crippen molar-refractivity contribution in [1.82, 2.24) is 5.32 Å². The zero-order chi connectivity index (χ0) is 14.0. The highest BCUT2D eigenvalue weighted by Crippen LogP contribution is 2.26. The molecule has 0 radical (unpaired) electrons. The van der Waals surface area contributed by atoms with Gasteiger partial charge in [0, 0.05) is 35.9 Å². The van der Waals surface area contributed by atoms with Crippen molar-refractivity contribution in [1.29, 1.82) is 0 Å². The van der Waals surface area contributed by atoms with Crippen molar-refractivity contribution in [2.75, 3.05) is 18.0 Å². The Kier molecular flexibility index (Phi) is 4.69. The van der Waals surface area contributed by atoms with Crippen LogP contribution in [0.15, 0.2) is 18.2 Å². The third-order valence-electron chi connectivity index (χ3n) is 3.59. The first-order chi connectivity index (χ1) is 8.95. The summed E-state index contributed by atoms with van der Waals surface area (Å²) in [7, 11) is 0. The van der Waals surface area contributed by atoms with E-state index in [0.717, 1.165) is 25.2 Å². The summed E-state index contributed by atoms with van der Waals surface area (Å²) in [5, 5.41) is 4.02. The second kappa shape index (κ2) is 6.10. The van der Waals surface area contributed by atoms with Gasteiger partial charge in [0.15, 0.2) is 0 Å². The summed E-state index contributed by atoms with van der Waals surface area (Å²) >= 11 is 5.96. The molecule has 0 aliphatic carbocycles. The number of benzene rings is 1. The van der Waals surface area contributed by atoms with Crippen molar-refractivity contribution in [2.24, 2.45) is 5.92 Å². The Hall–Kier alpha value is -0.800. The molecule has 1 aromatic carbocycles. The van der Waals surface area contributed by atoms with E-state index in [9.17, 15) is 4.39 Å². The van der Waals surface area contributed by atoms with Gasteiger partial charge in [-0.3, -0.25) is 0 Å². The second-order valence-corrected chi connectivity index (χ2v) is 6.30. The van der Waals surface area contributed by atoms with Crippen molar-refractivity contribution >= 4 is 17.3 Å². The molecular formula is C15H22ClFN2. The molecule has 1 heterocycles. The topological polar surface area (TPSA) is 15.3 Å². The Balaban J connectivity index is 2.16. The minimum atomic E-state index is -0.270. The first-order valence-electron chi connectivity index (χ1n) is 6.92. The number of rotatable bonds is 3. The van der Waals surface area contributed by atoms with Gasteiger partial charge in [-0.05, 0) is 37.5 Å². The Morgan fingerprint density at radius 2 is 2.16 bits per heavy atom. The fraction of sp³-hybridized carbons (Fsp3) is 0.600. The molecule has 4 heteroatoms. The lowest BCUT2D eigenvalue weighted by Gasteiger charge is -2.41. The molecule has 0 saturated carbocycles. The molecule has 1 N–H and O–H groups in total. The van der Waals surface area contributed by atoms with E-state index >= 15 is 0 Å². The molecule has 1 aliphatic heterocycles. The van der Waals surface area contributed by atoms with Crippen LogP contribution < -0.4 is 10.2 Å². The zero-order valence-corrected chi connectivity index (χ0v) is 12.5. The average Bonchev–Trinajstić information content (AvgIpc) is 2.29. The molecule has 1 aliphatic rings. The molecule has 2 atom stereocenters. The Bertz CT molecular complexity index is 416. The molecule has 0 amide bonds. The number of hydrogen-bond acceptors (Lipinski definition) is 2. The van der Waals surface area contributed by atoms with Crippen LogP contribution in [0.25, 0.3) is 0 Å². The summed E-state index contributed by atoms with van der Waals surface area (Å²) in [6.07, 6.45) is 1.13.